The Morgan fingerprint density at radius 3 is 2.95 bits per heavy atom. The van der Waals surface area contributed by atoms with Crippen molar-refractivity contribution < 1.29 is 4.42 Å². The van der Waals surface area contributed by atoms with E-state index in [2.05, 4.69) is 27.9 Å². The van der Waals surface area contributed by atoms with E-state index in [0.717, 1.165) is 24.4 Å². The molecule has 0 fully saturated rings. The van der Waals surface area contributed by atoms with Gasteiger partial charge in [-0.15, -0.1) is 0 Å². The van der Waals surface area contributed by atoms with E-state index in [9.17, 15) is 0 Å². The molecule has 0 radical (unpaired) electrons. The van der Waals surface area contributed by atoms with Gasteiger partial charge in [-0.25, -0.2) is 4.98 Å². The van der Waals surface area contributed by atoms with Gasteiger partial charge in [-0.3, -0.25) is 0 Å². The summed E-state index contributed by atoms with van der Waals surface area (Å²) in [6.07, 6.45) is 6.53. The van der Waals surface area contributed by atoms with Gasteiger partial charge in [-0.2, -0.15) is 0 Å². The van der Waals surface area contributed by atoms with Gasteiger partial charge in [0.2, 0.25) is 0 Å². The summed E-state index contributed by atoms with van der Waals surface area (Å²) in [7, 11) is 2.03. The molecule has 1 unspecified atom stereocenters. The van der Waals surface area contributed by atoms with Crippen LogP contribution >= 0.6 is 0 Å². The van der Waals surface area contributed by atoms with Crippen molar-refractivity contribution in [1.29, 1.82) is 0 Å². The van der Waals surface area contributed by atoms with Crippen molar-refractivity contribution in [2.75, 3.05) is 6.54 Å². The first-order valence-electron chi connectivity index (χ1n) is 6.95. The Bertz CT molecular complexity index is 698. The summed E-state index contributed by atoms with van der Waals surface area (Å²) in [5.74, 6) is 1.07. The second kappa shape index (κ2) is 5.51. The molecule has 0 aliphatic heterocycles. The zero-order valence-electron chi connectivity index (χ0n) is 11.8. The van der Waals surface area contributed by atoms with E-state index in [-0.39, 0.29) is 6.04 Å². The Labute approximate surface area is 118 Å². The summed E-state index contributed by atoms with van der Waals surface area (Å²) in [6, 6.07) is 8.37. The van der Waals surface area contributed by atoms with Gasteiger partial charge in [0.25, 0.3) is 0 Å². The third-order valence-electron chi connectivity index (χ3n) is 3.64. The Balaban J connectivity index is 1.96. The van der Waals surface area contributed by atoms with Crippen LogP contribution in [0.5, 0.6) is 0 Å². The highest BCUT2D eigenvalue weighted by Crippen LogP contribution is 2.28. The minimum absolute atomic E-state index is 0.213. The van der Waals surface area contributed by atoms with E-state index >= 15 is 0 Å². The van der Waals surface area contributed by atoms with Crippen LogP contribution in [0.4, 0.5) is 0 Å². The van der Waals surface area contributed by atoms with E-state index in [1.165, 1.54) is 10.9 Å². The lowest BCUT2D eigenvalue weighted by atomic mass is 10.0. The molecule has 0 saturated heterocycles. The van der Waals surface area contributed by atoms with Crippen LogP contribution in [-0.4, -0.2) is 16.1 Å². The van der Waals surface area contributed by atoms with E-state index in [1.54, 1.807) is 0 Å². The van der Waals surface area contributed by atoms with Crippen molar-refractivity contribution in [3.63, 3.8) is 0 Å². The molecule has 20 heavy (non-hydrogen) atoms. The van der Waals surface area contributed by atoms with Gasteiger partial charge in [0.15, 0.2) is 0 Å². The van der Waals surface area contributed by atoms with Gasteiger partial charge in [0, 0.05) is 42.9 Å². The predicted molar refractivity (Wildman–Crippen MR) is 79.5 cm³/mol. The van der Waals surface area contributed by atoms with E-state index in [4.69, 9.17) is 4.42 Å². The molecule has 0 aliphatic carbocycles. The first-order valence-corrected chi connectivity index (χ1v) is 6.95. The lowest BCUT2D eigenvalue weighted by molar-refractivity contribution is 0.519. The van der Waals surface area contributed by atoms with Crippen LogP contribution in [0.3, 0.4) is 0 Å². The highest BCUT2D eigenvalue weighted by molar-refractivity contribution is 5.81. The van der Waals surface area contributed by atoms with Crippen LogP contribution in [0, 0.1) is 0 Å². The topological polar surface area (TPSA) is 43.0 Å². The fourth-order valence-corrected chi connectivity index (χ4v) is 2.58. The first-order chi connectivity index (χ1) is 9.79. The number of fused-ring (bicyclic) bond motifs is 1. The molecule has 1 atom stereocenters. The summed E-state index contributed by atoms with van der Waals surface area (Å²) in [6.45, 7) is 3.03. The van der Waals surface area contributed by atoms with Crippen molar-refractivity contribution in [3.05, 3.63) is 54.3 Å². The smallest absolute Gasteiger partial charge is 0.134 e. The third kappa shape index (κ3) is 2.34. The van der Waals surface area contributed by atoms with Gasteiger partial charge in [-0.1, -0.05) is 25.1 Å². The van der Waals surface area contributed by atoms with Crippen LogP contribution in [0.2, 0.25) is 0 Å². The van der Waals surface area contributed by atoms with Gasteiger partial charge in [0.05, 0.1) is 6.26 Å². The van der Waals surface area contributed by atoms with Gasteiger partial charge < -0.3 is 14.3 Å². The number of nitrogens with zero attached hydrogens (tertiary/aromatic N) is 2. The first kappa shape index (κ1) is 12.9. The van der Waals surface area contributed by atoms with E-state index in [1.807, 2.05) is 43.9 Å². The number of furan rings is 1. The number of hydrogen-bond acceptors (Lipinski definition) is 3. The second-order valence-electron chi connectivity index (χ2n) is 4.96. The molecule has 4 nitrogen and oxygen atoms in total. The number of nitrogens with one attached hydrogen (secondary N) is 1. The Kier molecular flexibility index (Phi) is 3.56. The van der Waals surface area contributed by atoms with Crippen LogP contribution < -0.4 is 5.32 Å². The number of imidazole rings is 1. The van der Waals surface area contributed by atoms with Crippen molar-refractivity contribution in [1.82, 2.24) is 14.9 Å². The molecule has 0 amide bonds. The minimum Gasteiger partial charge on any atom is -0.464 e. The summed E-state index contributed by atoms with van der Waals surface area (Å²) < 4.78 is 7.72. The number of likely N-dealkylation sites (N-methyl/N-ethyl adjacent to an activating group) is 1. The lowest BCUT2D eigenvalue weighted by Crippen LogP contribution is -2.23. The zero-order valence-corrected chi connectivity index (χ0v) is 11.8. The summed E-state index contributed by atoms with van der Waals surface area (Å²) >= 11 is 0. The molecule has 3 aromatic rings. The van der Waals surface area contributed by atoms with Crippen molar-refractivity contribution in [2.24, 2.45) is 7.05 Å². The molecule has 4 heteroatoms. The molecule has 2 heterocycles. The number of aryl methyl sites for hydroxylation is 1. The van der Waals surface area contributed by atoms with Crippen molar-refractivity contribution >= 4 is 11.0 Å². The highest BCUT2D eigenvalue weighted by atomic mass is 16.3. The van der Waals surface area contributed by atoms with Crippen molar-refractivity contribution in [3.8, 4) is 0 Å². The fourth-order valence-electron chi connectivity index (χ4n) is 2.58. The average Bonchev–Trinajstić information content (AvgIpc) is 3.05. The Morgan fingerprint density at radius 1 is 1.35 bits per heavy atom. The number of benzene rings is 1. The maximum absolute atomic E-state index is 5.66. The Morgan fingerprint density at radius 2 is 2.20 bits per heavy atom. The monoisotopic (exact) mass is 269 g/mol. The van der Waals surface area contributed by atoms with Gasteiger partial charge in [-0.05, 0) is 12.6 Å². The third-order valence-corrected chi connectivity index (χ3v) is 3.64. The average molecular weight is 269 g/mol. The molecular formula is C16H19N3O. The zero-order chi connectivity index (χ0) is 13.9. The van der Waals surface area contributed by atoms with Crippen LogP contribution in [0.1, 0.15) is 24.4 Å². The standard InChI is InChI=1S/C16H19N3O/c1-3-17-14(10-16-18-8-9-19(16)2)13-11-20-15-7-5-4-6-12(13)15/h4-9,11,14,17H,3,10H2,1-2H3. The number of aromatic nitrogens is 2. The normalized spacial score (nSPS) is 12.9. The van der Waals surface area contributed by atoms with E-state index < -0.39 is 0 Å². The highest BCUT2D eigenvalue weighted by Gasteiger charge is 2.18. The summed E-state index contributed by atoms with van der Waals surface area (Å²) in [5, 5.41) is 4.70. The number of hydrogen-bond donors (Lipinski definition) is 1. The molecule has 0 bridgehead atoms. The quantitative estimate of drug-likeness (QED) is 0.774. The molecule has 2 aromatic heterocycles. The second-order valence-corrected chi connectivity index (χ2v) is 4.96. The maximum atomic E-state index is 5.66. The number of rotatable bonds is 5. The lowest BCUT2D eigenvalue weighted by Gasteiger charge is -2.16. The predicted octanol–water partition coefficient (Wildman–Crippen LogP) is 3.06. The largest absolute Gasteiger partial charge is 0.464 e. The molecule has 0 aliphatic rings. The molecule has 0 spiro atoms. The Hall–Kier alpha value is -2.07. The SMILES string of the molecule is CCNC(Cc1nccn1C)c1coc2ccccc12. The summed E-state index contributed by atoms with van der Waals surface area (Å²) in [4.78, 5) is 4.42. The molecule has 3 rings (SSSR count). The van der Waals surface area contributed by atoms with Crippen LogP contribution in [0.25, 0.3) is 11.0 Å². The van der Waals surface area contributed by atoms with Crippen LogP contribution in [0.15, 0.2) is 47.3 Å². The minimum atomic E-state index is 0.213. The fraction of sp³-hybridized carbons (Fsp3) is 0.312. The molecule has 0 saturated carbocycles. The molecule has 1 N–H and O–H groups in total. The van der Waals surface area contributed by atoms with Crippen LogP contribution in [-0.2, 0) is 13.5 Å². The van der Waals surface area contributed by atoms with Crippen molar-refractivity contribution in [2.45, 2.75) is 19.4 Å². The summed E-state index contributed by atoms with van der Waals surface area (Å²) in [5.41, 5.74) is 2.13. The maximum Gasteiger partial charge on any atom is 0.134 e. The molecule has 104 valence electrons. The van der Waals surface area contributed by atoms with Gasteiger partial charge in [0.1, 0.15) is 11.4 Å². The molecule has 1 aromatic carbocycles. The molecular weight excluding hydrogens is 250 g/mol. The number of para-hydroxylation sites is 1. The van der Waals surface area contributed by atoms with E-state index in [0.29, 0.717) is 0 Å². The van der Waals surface area contributed by atoms with Gasteiger partial charge >= 0.3 is 0 Å².